The Bertz CT molecular complexity index is 108. The van der Waals surface area contributed by atoms with Gasteiger partial charge in [-0.3, -0.25) is 4.99 Å². The smallest absolute Gasteiger partial charge is 0.132 e. The van der Waals surface area contributed by atoms with Crippen molar-refractivity contribution in [1.82, 2.24) is 5.32 Å². The van der Waals surface area contributed by atoms with E-state index in [1.165, 1.54) is 0 Å². The summed E-state index contributed by atoms with van der Waals surface area (Å²) < 4.78 is 0. The van der Waals surface area contributed by atoms with E-state index in [1.807, 2.05) is 0 Å². The van der Waals surface area contributed by atoms with E-state index >= 15 is 0 Å². The molecular formula is C4H5BN2. The summed E-state index contributed by atoms with van der Waals surface area (Å²) in [5.74, 6) is 0. The van der Waals surface area contributed by atoms with Crippen molar-refractivity contribution in [3.05, 3.63) is 12.3 Å². The van der Waals surface area contributed by atoms with Gasteiger partial charge >= 0.3 is 0 Å². The van der Waals surface area contributed by atoms with Crippen LogP contribution < -0.4 is 5.32 Å². The molecular weight excluding hydrogens is 86.9 g/mol. The monoisotopic (exact) mass is 92.1 g/mol. The van der Waals surface area contributed by atoms with Gasteiger partial charge in [0.05, 0.1) is 6.07 Å². The zero-order chi connectivity index (χ0) is 5.11. The largest absolute Gasteiger partial charge is 0.378 e. The SMILES string of the molecule is [B]C1N=CC=CN1. The Hall–Kier alpha value is -0.725. The molecule has 3 heteroatoms. The molecule has 7 heavy (non-hydrogen) atoms. The van der Waals surface area contributed by atoms with Crippen LogP contribution in [-0.2, 0) is 0 Å². The lowest BCUT2D eigenvalue weighted by Crippen LogP contribution is -2.23. The fourth-order valence-electron chi connectivity index (χ4n) is 0.383. The van der Waals surface area contributed by atoms with Crippen LogP contribution in [0.3, 0.4) is 0 Å². The zero-order valence-corrected chi connectivity index (χ0v) is 3.83. The van der Waals surface area contributed by atoms with E-state index in [-0.39, 0.29) is 6.07 Å². The van der Waals surface area contributed by atoms with Gasteiger partial charge < -0.3 is 5.32 Å². The van der Waals surface area contributed by atoms with Crippen molar-refractivity contribution < 1.29 is 0 Å². The summed E-state index contributed by atoms with van der Waals surface area (Å²) in [5.41, 5.74) is 0. The van der Waals surface area contributed by atoms with Gasteiger partial charge in [0.15, 0.2) is 0 Å². The second-order valence-corrected chi connectivity index (χ2v) is 1.27. The van der Waals surface area contributed by atoms with E-state index in [4.69, 9.17) is 7.85 Å². The van der Waals surface area contributed by atoms with Gasteiger partial charge in [-0.05, 0) is 12.3 Å². The van der Waals surface area contributed by atoms with Crippen molar-refractivity contribution in [2.75, 3.05) is 0 Å². The molecule has 0 saturated heterocycles. The molecule has 2 nitrogen and oxygen atoms in total. The van der Waals surface area contributed by atoms with Gasteiger partial charge in [0.25, 0.3) is 0 Å². The van der Waals surface area contributed by atoms with Crippen molar-refractivity contribution in [2.24, 2.45) is 4.99 Å². The number of hydrogen-bond acceptors (Lipinski definition) is 2. The zero-order valence-electron chi connectivity index (χ0n) is 3.83. The van der Waals surface area contributed by atoms with Crippen LogP contribution in [-0.4, -0.2) is 20.1 Å². The number of nitrogens with one attached hydrogen (secondary N) is 1. The Morgan fingerprint density at radius 2 is 2.57 bits per heavy atom. The van der Waals surface area contributed by atoms with E-state index in [1.54, 1.807) is 18.5 Å². The third-order valence-electron chi connectivity index (χ3n) is 0.696. The molecule has 0 aliphatic carbocycles. The standard InChI is InChI=1S/C4H5BN2/c5-4-6-2-1-3-7-4/h1-4,6H. The normalized spacial score (nSPS) is 27.1. The summed E-state index contributed by atoms with van der Waals surface area (Å²) in [5, 5.41) is 2.78. The summed E-state index contributed by atoms with van der Waals surface area (Å²) in [6, 6.07) is -0.231. The lowest BCUT2D eigenvalue weighted by atomic mass is 10.1. The van der Waals surface area contributed by atoms with Gasteiger partial charge in [0.2, 0.25) is 0 Å². The lowest BCUT2D eigenvalue weighted by Gasteiger charge is -2.07. The van der Waals surface area contributed by atoms with Crippen LogP contribution in [0.25, 0.3) is 0 Å². The molecule has 0 aromatic heterocycles. The number of aliphatic imine (C=N–C) groups is 1. The van der Waals surface area contributed by atoms with Crippen LogP contribution in [0.15, 0.2) is 17.3 Å². The Morgan fingerprint density at radius 3 is 2.86 bits per heavy atom. The second kappa shape index (κ2) is 1.82. The van der Waals surface area contributed by atoms with E-state index < -0.39 is 0 Å². The topological polar surface area (TPSA) is 24.4 Å². The molecule has 2 radical (unpaired) electrons. The van der Waals surface area contributed by atoms with E-state index in [0.717, 1.165) is 0 Å². The number of allylic oxidation sites excluding steroid dienone is 1. The molecule has 1 aliphatic rings. The van der Waals surface area contributed by atoms with Crippen molar-refractivity contribution in [3.63, 3.8) is 0 Å². The second-order valence-electron chi connectivity index (χ2n) is 1.27. The van der Waals surface area contributed by atoms with Crippen LogP contribution in [0.1, 0.15) is 0 Å². The highest BCUT2D eigenvalue weighted by molar-refractivity contribution is 6.12. The van der Waals surface area contributed by atoms with Crippen LogP contribution in [0.4, 0.5) is 0 Å². The Balaban J connectivity index is 2.49. The molecule has 0 fully saturated rings. The average Bonchev–Trinajstić information content (AvgIpc) is 1.69. The van der Waals surface area contributed by atoms with E-state index in [9.17, 15) is 0 Å². The summed E-state index contributed by atoms with van der Waals surface area (Å²) >= 11 is 0. The average molecular weight is 91.9 g/mol. The first kappa shape index (κ1) is 4.43. The minimum absolute atomic E-state index is 0.231. The molecule has 1 heterocycles. The fraction of sp³-hybridized carbons (Fsp3) is 0.250. The molecule has 0 aromatic carbocycles. The molecule has 1 unspecified atom stereocenters. The molecule has 34 valence electrons. The first-order valence-electron chi connectivity index (χ1n) is 2.09. The molecule has 1 N–H and O–H groups in total. The lowest BCUT2D eigenvalue weighted by molar-refractivity contribution is 0.804. The summed E-state index contributed by atoms with van der Waals surface area (Å²) in [6.07, 6.45) is 5.22. The molecule has 0 amide bonds. The number of nitrogens with zero attached hydrogens (tertiary/aromatic N) is 1. The maximum atomic E-state index is 5.27. The van der Waals surface area contributed by atoms with Crippen molar-refractivity contribution >= 4 is 14.1 Å². The van der Waals surface area contributed by atoms with Gasteiger partial charge in [-0.1, -0.05) is 0 Å². The Morgan fingerprint density at radius 1 is 1.71 bits per heavy atom. The highest BCUT2D eigenvalue weighted by atomic mass is 15.0. The summed E-state index contributed by atoms with van der Waals surface area (Å²) in [7, 11) is 5.27. The minimum Gasteiger partial charge on any atom is -0.378 e. The maximum absolute atomic E-state index is 5.27. The van der Waals surface area contributed by atoms with Crippen LogP contribution in [0.5, 0.6) is 0 Å². The van der Waals surface area contributed by atoms with Gasteiger partial charge in [0.1, 0.15) is 7.85 Å². The quantitative estimate of drug-likeness (QED) is 0.405. The van der Waals surface area contributed by atoms with Crippen molar-refractivity contribution in [1.29, 1.82) is 0 Å². The fourth-order valence-corrected chi connectivity index (χ4v) is 0.383. The first-order valence-corrected chi connectivity index (χ1v) is 2.09. The van der Waals surface area contributed by atoms with Crippen LogP contribution in [0, 0.1) is 0 Å². The van der Waals surface area contributed by atoms with E-state index in [0.29, 0.717) is 0 Å². The molecule has 0 bridgehead atoms. The van der Waals surface area contributed by atoms with Crippen molar-refractivity contribution in [2.45, 2.75) is 6.07 Å². The first-order chi connectivity index (χ1) is 3.39. The predicted octanol–water partition coefficient (Wildman–Crippen LogP) is -0.374. The van der Waals surface area contributed by atoms with Crippen LogP contribution in [0.2, 0.25) is 0 Å². The summed E-state index contributed by atoms with van der Waals surface area (Å²) in [4.78, 5) is 3.78. The molecule has 0 spiro atoms. The molecule has 1 atom stereocenters. The predicted molar refractivity (Wildman–Crippen MR) is 30.3 cm³/mol. The Labute approximate surface area is 43.7 Å². The van der Waals surface area contributed by atoms with Crippen LogP contribution >= 0.6 is 0 Å². The third kappa shape index (κ3) is 1.07. The highest BCUT2D eigenvalue weighted by Gasteiger charge is 1.90. The molecule has 1 aliphatic heterocycles. The van der Waals surface area contributed by atoms with Gasteiger partial charge in [0, 0.05) is 6.21 Å². The van der Waals surface area contributed by atoms with Crippen molar-refractivity contribution in [3.8, 4) is 0 Å². The summed E-state index contributed by atoms with van der Waals surface area (Å²) in [6.45, 7) is 0. The molecule has 1 rings (SSSR count). The molecule has 0 aromatic rings. The molecule has 0 saturated carbocycles. The number of rotatable bonds is 0. The maximum Gasteiger partial charge on any atom is 0.132 e. The van der Waals surface area contributed by atoms with Gasteiger partial charge in [-0.2, -0.15) is 0 Å². The highest BCUT2D eigenvalue weighted by Crippen LogP contribution is 1.81. The third-order valence-corrected chi connectivity index (χ3v) is 0.696. The van der Waals surface area contributed by atoms with Gasteiger partial charge in [-0.15, -0.1) is 0 Å². The minimum atomic E-state index is -0.231. The number of hydrogen-bond donors (Lipinski definition) is 1. The van der Waals surface area contributed by atoms with E-state index in [2.05, 4.69) is 10.3 Å². The Kier molecular flexibility index (Phi) is 1.15. The van der Waals surface area contributed by atoms with Gasteiger partial charge in [-0.25, -0.2) is 0 Å².